The minimum absolute atomic E-state index is 0.244. The monoisotopic (exact) mass is 291 g/mol. The highest BCUT2D eigenvalue weighted by molar-refractivity contribution is 5.76. The molecule has 1 atom stereocenters. The maximum absolute atomic E-state index is 13.3. The molecule has 0 aliphatic heterocycles. The van der Waals surface area contributed by atoms with Gasteiger partial charge in [0.05, 0.1) is 23.7 Å². The molecule has 2 aromatic rings. The van der Waals surface area contributed by atoms with Gasteiger partial charge in [-0.25, -0.2) is 9.37 Å². The molecule has 0 radical (unpaired) electrons. The van der Waals surface area contributed by atoms with E-state index in [1.54, 1.807) is 6.07 Å². The van der Waals surface area contributed by atoms with Crippen LogP contribution in [0, 0.1) is 11.7 Å². The molecule has 0 saturated heterocycles. The molecular weight excluding hydrogens is 269 g/mol. The van der Waals surface area contributed by atoms with Crippen LogP contribution in [0.5, 0.6) is 0 Å². The van der Waals surface area contributed by atoms with Crippen LogP contribution in [0.2, 0.25) is 0 Å². The van der Waals surface area contributed by atoms with Gasteiger partial charge >= 0.3 is 0 Å². The number of hydrogen-bond acceptors (Lipinski definition) is 3. The number of nitrogens with zero attached hydrogens (tertiary/aromatic N) is 3. The van der Waals surface area contributed by atoms with Crippen LogP contribution < -0.4 is 0 Å². The van der Waals surface area contributed by atoms with Crippen molar-refractivity contribution in [3.05, 3.63) is 29.8 Å². The molecule has 1 unspecified atom stereocenters. The first kappa shape index (κ1) is 14.5. The van der Waals surface area contributed by atoms with E-state index < -0.39 is 0 Å². The van der Waals surface area contributed by atoms with Crippen molar-refractivity contribution in [2.24, 2.45) is 5.92 Å². The van der Waals surface area contributed by atoms with Gasteiger partial charge in [-0.1, -0.05) is 0 Å². The lowest BCUT2D eigenvalue weighted by Crippen LogP contribution is -2.31. The second-order valence-electron chi connectivity index (χ2n) is 6.01. The van der Waals surface area contributed by atoms with Crippen molar-refractivity contribution in [1.82, 2.24) is 14.5 Å². The van der Waals surface area contributed by atoms with E-state index in [-0.39, 0.29) is 11.9 Å². The molecule has 1 aromatic heterocycles. The zero-order valence-corrected chi connectivity index (χ0v) is 12.6. The Balaban J connectivity index is 1.78. The molecule has 1 heterocycles. The molecule has 0 bridgehead atoms. The Morgan fingerprint density at radius 2 is 2.24 bits per heavy atom. The highest BCUT2D eigenvalue weighted by Gasteiger charge is 2.30. The predicted octanol–water partition coefficient (Wildman–Crippen LogP) is 2.40. The number of hydrogen-bond donors (Lipinski definition) is 1. The maximum Gasteiger partial charge on any atom is 0.125 e. The zero-order valence-electron chi connectivity index (χ0n) is 12.6. The van der Waals surface area contributed by atoms with Crippen LogP contribution in [-0.4, -0.2) is 39.3 Å². The summed E-state index contributed by atoms with van der Waals surface area (Å²) in [5, 5.41) is 10.0. The SMILES string of the molecule is CCn1c(CN(C)CC(O)C2CC2)nc2cc(F)ccc21. The minimum atomic E-state index is -0.257. The van der Waals surface area contributed by atoms with Gasteiger partial charge in [0.15, 0.2) is 0 Å². The van der Waals surface area contributed by atoms with E-state index in [2.05, 4.69) is 21.4 Å². The molecule has 0 spiro atoms. The Morgan fingerprint density at radius 1 is 1.48 bits per heavy atom. The highest BCUT2D eigenvalue weighted by atomic mass is 19.1. The first-order chi connectivity index (χ1) is 10.1. The van der Waals surface area contributed by atoms with E-state index in [4.69, 9.17) is 0 Å². The normalized spacial score (nSPS) is 16.8. The van der Waals surface area contributed by atoms with Crippen LogP contribution in [0.3, 0.4) is 0 Å². The molecule has 3 rings (SSSR count). The zero-order chi connectivity index (χ0) is 15.0. The fraction of sp³-hybridized carbons (Fsp3) is 0.562. The lowest BCUT2D eigenvalue weighted by molar-refractivity contribution is 0.103. The van der Waals surface area contributed by atoms with Gasteiger partial charge in [-0.15, -0.1) is 0 Å². The summed E-state index contributed by atoms with van der Waals surface area (Å²) in [5.41, 5.74) is 1.66. The first-order valence-electron chi connectivity index (χ1n) is 7.59. The van der Waals surface area contributed by atoms with Crippen molar-refractivity contribution in [3.8, 4) is 0 Å². The second-order valence-corrected chi connectivity index (χ2v) is 6.01. The van der Waals surface area contributed by atoms with Gasteiger partial charge in [0, 0.05) is 19.2 Å². The summed E-state index contributed by atoms with van der Waals surface area (Å²) in [6, 6.07) is 4.73. The van der Waals surface area contributed by atoms with E-state index >= 15 is 0 Å². The third-order valence-electron chi connectivity index (χ3n) is 4.18. The number of rotatable bonds is 6. The van der Waals surface area contributed by atoms with Gasteiger partial charge < -0.3 is 9.67 Å². The number of likely N-dealkylation sites (N-methyl/N-ethyl adjacent to an activating group) is 1. The van der Waals surface area contributed by atoms with E-state index in [9.17, 15) is 9.50 Å². The van der Waals surface area contributed by atoms with Crippen LogP contribution in [0.25, 0.3) is 11.0 Å². The van der Waals surface area contributed by atoms with Crippen LogP contribution in [-0.2, 0) is 13.1 Å². The number of aryl methyl sites for hydroxylation is 1. The number of halogens is 1. The standard InChI is InChI=1S/C16H22FN3O/c1-3-20-14-7-6-12(17)8-13(14)18-16(20)10-19(2)9-15(21)11-4-5-11/h6-8,11,15,21H,3-5,9-10H2,1-2H3. The summed E-state index contributed by atoms with van der Waals surface area (Å²) < 4.78 is 15.4. The third kappa shape index (κ3) is 3.09. The van der Waals surface area contributed by atoms with Crippen molar-refractivity contribution in [3.63, 3.8) is 0 Å². The van der Waals surface area contributed by atoms with Crippen molar-refractivity contribution in [2.45, 2.75) is 39.0 Å². The van der Waals surface area contributed by atoms with Gasteiger partial charge in [-0.05, 0) is 44.9 Å². The van der Waals surface area contributed by atoms with Crippen molar-refractivity contribution >= 4 is 11.0 Å². The molecule has 1 saturated carbocycles. The fourth-order valence-electron chi connectivity index (χ4n) is 2.88. The molecule has 5 heteroatoms. The van der Waals surface area contributed by atoms with E-state index in [1.165, 1.54) is 12.1 Å². The Hall–Kier alpha value is -1.46. The molecule has 4 nitrogen and oxygen atoms in total. The van der Waals surface area contributed by atoms with Crippen LogP contribution in [0.15, 0.2) is 18.2 Å². The molecule has 21 heavy (non-hydrogen) atoms. The Kier molecular flexibility index (Phi) is 3.95. The van der Waals surface area contributed by atoms with Gasteiger partial charge in [-0.3, -0.25) is 4.90 Å². The van der Waals surface area contributed by atoms with Crippen LogP contribution in [0.4, 0.5) is 4.39 Å². The fourth-order valence-corrected chi connectivity index (χ4v) is 2.88. The molecule has 0 amide bonds. The maximum atomic E-state index is 13.3. The van der Waals surface area contributed by atoms with Gasteiger partial charge in [0.2, 0.25) is 0 Å². The van der Waals surface area contributed by atoms with Gasteiger partial charge in [-0.2, -0.15) is 0 Å². The van der Waals surface area contributed by atoms with Gasteiger partial charge in [0.25, 0.3) is 0 Å². The first-order valence-corrected chi connectivity index (χ1v) is 7.59. The van der Waals surface area contributed by atoms with Gasteiger partial charge in [0.1, 0.15) is 11.6 Å². The van der Waals surface area contributed by atoms with E-state index in [1.807, 2.05) is 7.05 Å². The molecule has 1 N–H and O–H groups in total. The summed E-state index contributed by atoms with van der Waals surface area (Å²) in [7, 11) is 1.99. The van der Waals surface area contributed by atoms with Crippen molar-refractivity contribution in [2.75, 3.05) is 13.6 Å². The topological polar surface area (TPSA) is 41.3 Å². The largest absolute Gasteiger partial charge is 0.392 e. The molecule has 1 aliphatic rings. The summed E-state index contributed by atoms with van der Waals surface area (Å²) in [6.07, 6.45) is 2.04. The predicted molar refractivity (Wildman–Crippen MR) is 80.4 cm³/mol. The number of benzene rings is 1. The van der Waals surface area contributed by atoms with Crippen molar-refractivity contribution < 1.29 is 9.50 Å². The quantitative estimate of drug-likeness (QED) is 0.888. The molecule has 114 valence electrons. The summed E-state index contributed by atoms with van der Waals surface area (Å²) in [5.74, 6) is 1.14. The molecule has 1 aromatic carbocycles. The summed E-state index contributed by atoms with van der Waals surface area (Å²) in [4.78, 5) is 6.64. The van der Waals surface area contributed by atoms with Crippen molar-refractivity contribution in [1.29, 1.82) is 0 Å². The number of aromatic nitrogens is 2. The Morgan fingerprint density at radius 3 is 2.90 bits per heavy atom. The number of aliphatic hydroxyl groups is 1. The number of aliphatic hydroxyl groups excluding tert-OH is 1. The molecule has 1 fully saturated rings. The summed E-state index contributed by atoms with van der Waals surface area (Å²) in [6.45, 7) is 4.18. The lowest BCUT2D eigenvalue weighted by atomic mass is 10.2. The molecule has 1 aliphatic carbocycles. The van der Waals surface area contributed by atoms with E-state index in [0.717, 1.165) is 30.7 Å². The highest BCUT2D eigenvalue weighted by Crippen LogP contribution is 2.32. The van der Waals surface area contributed by atoms with Crippen LogP contribution in [0.1, 0.15) is 25.6 Å². The Bertz CT molecular complexity index is 636. The third-order valence-corrected chi connectivity index (χ3v) is 4.18. The number of fused-ring (bicyclic) bond motifs is 1. The minimum Gasteiger partial charge on any atom is -0.392 e. The average Bonchev–Trinajstić information content (AvgIpc) is 3.21. The Labute approximate surface area is 124 Å². The van der Waals surface area contributed by atoms with Crippen LogP contribution >= 0.6 is 0 Å². The number of imidazole rings is 1. The molecular formula is C16H22FN3O. The average molecular weight is 291 g/mol. The summed E-state index contributed by atoms with van der Waals surface area (Å²) >= 11 is 0. The second kappa shape index (κ2) is 5.73. The van der Waals surface area contributed by atoms with E-state index in [0.29, 0.717) is 24.5 Å². The smallest absolute Gasteiger partial charge is 0.125 e. The lowest BCUT2D eigenvalue weighted by Gasteiger charge is -2.20.